The summed E-state index contributed by atoms with van der Waals surface area (Å²) in [6, 6.07) is 54.1. The maximum absolute atomic E-state index is 2.44. The fourth-order valence-corrected chi connectivity index (χ4v) is 8.16. The van der Waals surface area contributed by atoms with Gasteiger partial charge < -0.3 is 9.80 Å². The molecule has 0 fully saturated rings. The maximum atomic E-state index is 2.44. The SMILES string of the molecule is CN(c1ccc(N(c2ccccc2)C2C=CC=CC2)cc1)c1ccc2c(c1)C1(c3ccccc3-c3ccccc31)c1ccccc1-2. The highest BCUT2D eigenvalue weighted by atomic mass is 15.2. The predicted octanol–water partition coefficient (Wildman–Crippen LogP) is 10.8. The van der Waals surface area contributed by atoms with Gasteiger partial charge in [0.1, 0.15) is 0 Å². The highest BCUT2D eigenvalue weighted by Crippen LogP contribution is 2.63. The van der Waals surface area contributed by atoms with Crippen LogP contribution in [0.4, 0.5) is 22.7 Å². The lowest BCUT2D eigenvalue weighted by Crippen LogP contribution is -2.29. The molecule has 1 spiro atoms. The smallest absolute Gasteiger partial charge is 0.0726 e. The van der Waals surface area contributed by atoms with E-state index in [1.807, 2.05) is 0 Å². The number of hydrogen-bond acceptors (Lipinski definition) is 2. The molecule has 1 unspecified atom stereocenters. The van der Waals surface area contributed by atoms with Crippen LogP contribution in [0.1, 0.15) is 28.7 Å². The third-order valence-corrected chi connectivity index (χ3v) is 10.2. The second-order valence-corrected chi connectivity index (χ2v) is 12.5. The minimum absolute atomic E-state index is 0.280. The molecule has 46 heavy (non-hydrogen) atoms. The Labute approximate surface area is 271 Å². The number of anilines is 4. The highest BCUT2D eigenvalue weighted by molar-refractivity contribution is 5.95. The van der Waals surface area contributed by atoms with Crippen molar-refractivity contribution in [2.24, 2.45) is 0 Å². The van der Waals surface area contributed by atoms with E-state index in [4.69, 9.17) is 0 Å². The van der Waals surface area contributed by atoms with Gasteiger partial charge >= 0.3 is 0 Å². The van der Waals surface area contributed by atoms with Crippen LogP contribution in [0.25, 0.3) is 22.3 Å². The summed E-state index contributed by atoms with van der Waals surface area (Å²) in [7, 11) is 2.19. The van der Waals surface area contributed by atoms with E-state index in [0.29, 0.717) is 0 Å². The molecule has 0 radical (unpaired) electrons. The van der Waals surface area contributed by atoms with Crippen molar-refractivity contribution in [3.8, 4) is 22.3 Å². The molecule has 0 amide bonds. The van der Waals surface area contributed by atoms with E-state index >= 15 is 0 Å². The molecule has 3 aliphatic carbocycles. The van der Waals surface area contributed by atoms with E-state index in [1.54, 1.807) is 0 Å². The van der Waals surface area contributed by atoms with Gasteiger partial charge in [-0.15, -0.1) is 0 Å². The van der Waals surface area contributed by atoms with Gasteiger partial charge in [-0.3, -0.25) is 0 Å². The first-order chi connectivity index (χ1) is 22.7. The predicted molar refractivity (Wildman–Crippen MR) is 193 cm³/mol. The first-order valence-electron chi connectivity index (χ1n) is 16.2. The van der Waals surface area contributed by atoms with Crippen LogP contribution in [0.5, 0.6) is 0 Å². The molecule has 9 rings (SSSR count). The molecule has 0 N–H and O–H groups in total. The van der Waals surface area contributed by atoms with Crippen molar-refractivity contribution >= 4 is 22.7 Å². The monoisotopic (exact) mass is 590 g/mol. The average Bonchev–Trinajstić information content (AvgIpc) is 3.60. The van der Waals surface area contributed by atoms with Crippen molar-refractivity contribution in [1.82, 2.24) is 0 Å². The zero-order valence-corrected chi connectivity index (χ0v) is 25.8. The van der Waals surface area contributed by atoms with Gasteiger partial charge in [-0.25, -0.2) is 0 Å². The summed E-state index contributed by atoms with van der Waals surface area (Å²) in [5.41, 5.74) is 15.2. The number of allylic oxidation sites excluding steroid dienone is 2. The van der Waals surface area contributed by atoms with Crippen LogP contribution in [0, 0.1) is 0 Å². The normalized spacial score (nSPS) is 16.1. The van der Waals surface area contributed by atoms with Crippen LogP contribution in [-0.2, 0) is 5.41 Å². The fourth-order valence-electron chi connectivity index (χ4n) is 8.16. The highest BCUT2D eigenvalue weighted by Gasteiger charge is 2.51. The molecule has 3 aliphatic rings. The summed E-state index contributed by atoms with van der Waals surface area (Å²) >= 11 is 0. The van der Waals surface area contributed by atoms with Gasteiger partial charge in [-0.2, -0.15) is 0 Å². The molecular weight excluding hydrogens is 556 g/mol. The van der Waals surface area contributed by atoms with E-state index in [2.05, 4.69) is 187 Å². The molecule has 0 bridgehead atoms. The minimum atomic E-state index is -0.335. The molecule has 2 heteroatoms. The summed E-state index contributed by atoms with van der Waals surface area (Å²) in [4.78, 5) is 4.76. The van der Waals surface area contributed by atoms with Crippen LogP contribution in [0.15, 0.2) is 170 Å². The van der Waals surface area contributed by atoms with Gasteiger partial charge in [-0.05, 0) is 99.5 Å². The molecule has 0 saturated carbocycles. The Hall–Kier alpha value is -5.60. The van der Waals surface area contributed by atoms with Crippen LogP contribution in [-0.4, -0.2) is 13.1 Å². The van der Waals surface area contributed by atoms with Gasteiger partial charge in [0.2, 0.25) is 0 Å². The van der Waals surface area contributed by atoms with Crippen molar-refractivity contribution in [1.29, 1.82) is 0 Å². The number of rotatable bonds is 5. The lowest BCUT2D eigenvalue weighted by molar-refractivity contribution is 0.785. The Bertz CT molecular complexity index is 2090. The topological polar surface area (TPSA) is 6.48 Å². The van der Waals surface area contributed by atoms with E-state index in [9.17, 15) is 0 Å². The third-order valence-electron chi connectivity index (χ3n) is 10.2. The second kappa shape index (κ2) is 10.5. The summed E-state index contributed by atoms with van der Waals surface area (Å²) in [6.45, 7) is 0. The molecule has 0 saturated heterocycles. The second-order valence-electron chi connectivity index (χ2n) is 12.5. The van der Waals surface area contributed by atoms with Gasteiger partial charge in [0.15, 0.2) is 0 Å². The molecule has 1 atom stereocenters. The zero-order valence-electron chi connectivity index (χ0n) is 25.8. The largest absolute Gasteiger partial charge is 0.345 e. The molecule has 0 aromatic heterocycles. The number of benzene rings is 6. The van der Waals surface area contributed by atoms with Crippen molar-refractivity contribution in [3.05, 3.63) is 192 Å². The number of para-hydroxylation sites is 1. The molecule has 220 valence electrons. The Morgan fingerprint density at radius 1 is 0.478 bits per heavy atom. The maximum Gasteiger partial charge on any atom is 0.0726 e. The summed E-state index contributed by atoms with van der Waals surface area (Å²) < 4.78 is 0. The Morgan fingerprint density at radius 2 is 0.978 bits per heavy atom. The van der Waals surface area contributed by atoms with E-state index in [-0.39, 0.29) is 11.5 Å². The van der Waals surface area contributed by atoms with Crippen LogP contribution < -0.4 is 9.80 Å². The number of nitrogens with zero attached hydrogens (tertiary/aromatic N) is 2. The molecule has 2 nitrogen and oxygen atoms in total. The molecule has 0 heterocycles. The van der Waals surface area contributed by atoms with Gasteiger partial charge in [0.05, 0.1) is 11.5 Å². The quantitative estimate of drug-likeness (QED) is 0.197. The minimum Gasteiger partial charge on any atom is -0.345 e. The van der Waals surface area contributed by atoms with Crippen LogP contribution in [0.2, 0.25) is 0 Å². The molecule has 6 aromatic rings. The lowest BCUT2D eigenvalue weighted by atomic mass is 9.70. The molecule has 0 aliphatic heterocycles. The Balaban J connectivity index is 1.14. The lowest BCUT2D eigenvalue weighted by Gasteiger charge is -2.33. The van der Waals surface area contributed by atoms with E-state index in [0.717, 1.165) is 12.1 Å². The summed E-state index contributed by atoms with van der Waals surface area (Å²) in [6.07, 6.45) is 9.83. The van der Waals surface area contributed by atoms with Gasteiger partial charge in [0.25, 0.3) is 0 Å². The average molecular weight is 591 g/mol. The standard InChI is InChI=1S/C44H34N2/c1-45(31-24-26-34(27-25-31)46(32-14-4-2-5-15-32)33-16-6-3-7-17-33)35-28-29-39-38-20-10-13-23-42(38)44(43(39)30-35)40-21-11-8-18-36(40)37-19-9-12-22-41(37)44/h2-16,18-30,33H,17H2,1H3. The zero-order chi connectivity index (χ0) is 30.7. The Morgan fingerprint density at radius 3 is 1.57 bits per heavy atom. The fraction of sp³-hybridized carbons (Fsp3) is 0.0909. The molecular formula is C44H34N2. The van der Waals surface area contributed by atoms with Crippen LogP contribution >= 0.6 is 0 Å². The van der Waals surface area contributed by atoms with E-state index < -0.39 is 0 Å². The number of hydrogen-bond donors (Lipinski definition) is 0. The van der Waals surface area contributed by atoms with Crippen molar-refractivity contribution in [3.63, 3.8) is 0 Å². The molecule has 6 aromatic carbocycles. The first-order valence-corrected chi connectivity index (χ1v) is 16.2. The first kappa shape index (κ1) is 26.8. The van der Waals surface area contributed by atoms with Gasteiger partial charge in [0, 0.05) is 29.8 Å². The van der Waals surface area contributed by atoms with Crippen molar-refractivity contribution < 1.29 is 0 Å². The van der Waals surface area contributed by atoms with E-state index in [1.165, 1.54) is 61.6 Å². The summed E-state index contributed by atoms with van der Waals surface area (Å²) in [5.74, 6) is 0. The van der Waals surface area contributed by atoms with Crippen molar-refractivity contribution in [2.75, 3.05) is 16.8 Å². The van der Waals surface area contributed by atoms with Crippen LogP contribution in [0.3, 0.4) is 0 Å². The summed E-state index contributed by atoms with van der Waals surface area (Å²) in [5, 5.41) is 0. The Kier molecular flexibility index (Phi) is 6.11. The number of fused-ring (bicyclic) bond motifs is 10. The van der Waals surface area contributed by atoms with Crippen molar-refractivity contribution in [2.45, 2.75) is 17.9 Å². The van der Waals surface area contributed by atoms with Gasteiger partial charge in [-0.1, -0.05) is 121 Å². The third kappa shape index (κ3) is 3.83.